The van der Waals surface area contributed by atoms with Gasteiger partial charge in [-0.3, -0.25) is 4.99 Å². The predicted octanol–water partition coefficient (Wildman–Crippen LogP) is 2.69. The van der Waals surface area contributed by atoms with Gasteiger partial charge in [0.25, 0.3) is 0 Å². The molecule has 0 saturated carbocycles. The highest BCUT2D eigenvalue weighted by Gasteiger charge is 2.10. The van der Waals surface area contributed by atoms with Crippen LogP contribution in [0.3, 0.4) is 0 Å². The van der Waals surface area contributed by atoms with Crippen molar-refractivity contribution >= 4 is 22.8 Å². The van der Waals surface area contributed by atoms with Crippen molar-refractivity contribution in [3.05, 3.63) is 42.5 Å². The summed E-state index contributed by atoms with van der Waals surface area (Å²) < 4.78 is 0. The summed E-state index contributed by atoms with van der Waals surface area (Å²) in [5, 5.41) is 2.59. The maximum Gasteiger partial charge on any atom is 0.0895 e. The molecule has 0 spiro atoms. The van der Waals surface area contributed by atoms with Crippen molar-refractivity contribution in [3.63, 3.8) is 0 Å². The molecule has 2 aromatic carbocycles. The molecule has 0 fully saturated rings. The number of fused-ring (bicyclic) bond motifs is 1. The lowest BCUT2D eigenvalue weighted by molar-refractivity contribution is 1.03. The average molecular weight is 196 g/mol. The minimum absolute atomic E-state index is 0.906. The molecule has 1 heterocycles. The molecule has 0 amide bonds. The summed E-state index contributed by atoms with van der Waals surface area (Å²) in [5.74, 6) is 0. The van der Waals surface area contributed by atoms with Gasteiger partial charge in [-0.15, -0.1) is 0 Å². The Kier molecular flexibility index (Phi) is 1.91. The van der Waals surface area contributed by atoms with Crippen LogP contribution in [0.5, 0.6) is 0 Å². The van der Waals surface area contributed by atoms with Crippen molar-refractivity contribution in [1.82, 2.24) is 0 Å². The van der Waals surface area contributed by atoms with E-state index >= 15 is 0 Å². The van der Waals surface area contributed by atoms with Gasteiger partial charge >= 0.3 is 0 Å². The van der Waals surface area contributed by atoms with E-state index in [1.54, 1.807) is 0 Å². The highest BCUT2D eigenvalue weighted by atomic mass is 15.2. The van der Waals surface area contributed by atoms with Crippen molar-refractivity contribution in [2.75, 3.05) is 18.0 Å². The Labute approximate surface area is 88.9 Å². The number of rotatable bonds is 1. The average Bonchev–Trinajstić information content (AvgIpc) is 2.82. The van der Waals surface area contributed by atoms with Crippen LogP contribution >= 0.6 is 0 Å². The van der Waals surface area contributed by atoms with Gasteiger partial charge in [0.05, 0.1) is 12.9 Å². The first-order valence-corrected chi connectivity index (χ1v) is 5.19. The summed E-state index contributed by atoms with van der Waals surface area (Å²) in [6, 6.07) is 14.9. The number of hydrogen-bond donors (Lipinski definition) is 0. The Bertz CT molecular complexity index is 511. The van der Waals surface area contributed by atoms with Crippen molar-refractivity contribution in [2.24, 2.45) is 4.99 Å². The van der Waals surface area contributed by atoms with Gasteiger partial charge in [-0.05, 0) is 11.5 Å². The number of anilines is 1. The van der Waals surface area contributed by atoms with E-state index in [2.05, 4.69) is 52.4 Å². The van der Waals surface area contributed by atoms with Crippen LogP contribution in [0.4, 0.5) is 5.69 Å². The lowest BCUT2D eigenvalue weighted by atomic mass is 10.1. The van der Waals surface area contributed by atoms with Crippen molar-refractivity contribution < 1.29 is 0 Å². The number of hydrogen-bond acceptors (Lipinski definition) is 2. The summed E-state index contributed by atoms with van der Waals surface area (Å²) >= 11 is 0. The van der Waals surface area contributed by atoms with E-state index in [4.69, 9.17) is 0 Å². The Morgan fingerprint density at radius 1 is 1.00 bits per heavy atom. The van der Waals surface area contributed by atoms with Crippen molar-refractivity contribution in [3.8, 4) is 0 Å². The van der Waals surface area contributed by atoms with Crippen LogP contribution in [0.1, 0.15) is 0 Å². The fraction of sp³-hybridized carbons (Fsp3) is 0.154. The predicted molar refractivity (Wildman–Crippen MR) is 64.7 cm³/mol. The van der Waals surface area contributed by atoms with E-state index in [1.807, 2.05) is 6.34 Å². The molecule has 2 aromatic rings. The van der Waals surface area contributed by atoms with E-state index in [1.165, 1.54) is 16.5 Å². The van der Waals surface area contributed by atoms with E-state index in [9.17, 15) is 0 Å². The van der Waals surface area contributed by atoms with Gasteiger partial charge in [0, 0.05) is 17.6 Å². The highest BCUT2D eigenvalue weighted by molar-refractivity contribution is 5.99. The molecule has 0 saturated heterocycles. The summed E-state index contributed by atoms with van der Waals surface area (Å²) in [4.78, 5) is 6.46. The molecule has 74 valence electrons. The second kappa shape index (κ2) is 3.39. The number of nitrogens with zero attached hydrogens (tertiary/aromatic N) is 2. The van der Waals surface area contributed by atoms with E-state index < -0.39 is 0 Å². The van der Waals surface area contributed by atoms with Crippen LogP contribution in [0.15, 0.2) is 47.5 Å². The minimum Gasteiger partial charge on any atom is -0.330 e. The first kappa shape index (κ1) is 8.48. The second-order valence-corrected chi connectivity index (χ2v) is 3.71. The van der Waals surface area contributed by atoms with Crippen molar-refractivity contribution in [2.45, 2.75) is 0 Å². The van der Waals surface area contributed by atoms with Gasteiger partial charge in [-0.25, -0.2) is 0 Å². The second-order valence-electron chi connectivity index (χ2n) is 3.71. The Balaban J connectivity index is 2.21. The van der Waals surface area contributed by atoms with Gasteiger partial charge in [-0.2, -0.15) is 0 Å². The highest BCUT2D eigenvalue weighted by Crippen LogP contribution is 2.26. The van der Waals surface area contributed by atoms with E-state index in [-0.39, 0.29) is 0 Å². The van der Waals surface area contributed by atoms with Crippen LogP contribution in [-0.4, -0.2) is 19.4 Å². The van der Waals surface area contributed by atoms with Gasteiger partial charge in [0.1, 0.15) is 0 Å². The fourth-order valence-corrected chi connectivity index (χ4v) is 2.02. The third-order valence-electron chi connectivity index (χ3n) is 2.77. The summed E-state index contributed by atoms with van der Waals surface area (Å²) in [6.45, 7) is 1.90. The van der Waals surface area contributed by atoms with Gasteiger partial charge < -0.3 is 4.90 Å². The molecule has 3 rings (SSSR count). The number of benzene rings is 2. The monoisotopic (exact) mass is 196 g/mol. The number of aliphatic imine (C=N–C) groups is 1. The molecule has 0 aromatic heterocycles. The molecule has 2 heteroatoms. The smallest absolute Gasteiger partial charge is 0.0895 e. The first-order chi connectivity index (χ1) is 7.45. The van der Waals surface area contributed by atoms with Crippen LogP contribution in [0.2, 0.25) is 0 Å². The Morgan fingerprint density at radius 2 is 1.87 bits per heavy atom. The van der Waals surface area contributed by atoms with E-state index in [0.29, 0.717) is 0 Å². The molecule has 2 nitrogen and oxygen atoms in total. The van der Waals surface area contributed by atoms with Crippen molar-refractivity contribution in [1.29, 1.82) is 0 Å². The molecular formula is C13H12N2. The van der Waals surface area contributed by atoms with Crippen LogP contribution < -0.4 is 4.90 Å². The third kappa shape index (κ3) is 1.38. The lowest BCUT2D eigenvalue weighted by Gasteiger charge is -2.16. The summed E-state index contributed by atoms with van der Waals surface area (Å²) in [5.41, 5.74) is 1.26. The standard InChI is InChI=1S/C13H12N2/c1-2-6-12-11(4-1)5-3-7-13(12)15-9-8-14-10-15/h1-7,10H,8-9H2. The third-order valence-corrected chi connectivity index (χ3v) is 2.77. The Hall–Kier alpha value is -1.83. The van der Waals surface area contributed by atoms with Crippen LogP contribution in [-0.2, 0) is 0 Å². The first-order valence-electron chi connectivity index (χ1n) is 5.19. The fourth-order valence-electron chi connectivity index (χ4n) is 2.02. The largest absolute Gasteiger partial charge is 0.330 e. The zero-order valence-electron chi connectivity index (χ0n) is 8.43. The maximum absolute atomic E-state index is 4.25. The van der Waals surface area contributed by atoms with Crippen LogP contribution in [0, 0.1) is 0 Å². The molecule has 1 aliphatic rings. The minimum atomic E-state index is 0.906. The molecule has 15 heavy (non-hydrogen) atoms. The van der Waals surface area contributed by atoms with Gasteiger partial charge in [-0.1, -0.05) is 36.4 Å². The summed E-state index contributed by atoms with van der Waals surface area (Å²) in [7, 11) is 0. The topological polar surface area (TPSA) is 15.6 Å². The SMILES string of the molecule is C1=NCCN1c1cccc2ccccc12. The van der Waals surface area contributed by atoms with E-state index in [0.717, 1.165) is 13.1 Å². The zero-order valence-corrected chi connectivity index (χ0v) is 8.43. The van der Waals surface area contributed by atoms with Gasteiger partial charge in [0.15, 0.2) is 0 Å². The zero-order chi connectivity index (χ0) is 10.1. The molecule has 0 aliphatic carbocycles. The lowest BCUT2D eigenvalue weighted by Crippen LogP contribution is -2.18. The molecular weight excluding hydrogens is 184 g/mol. The quantitative estimate of drug-likeness (QED) is 0.684. The maximum atomic E-state index is 4.25. The van der Waals surface area contributed by atoms with Gasteiger partial charge in [0.2, 0.25) is 0 Å². The normalized spacial score (nSPS) is 15.1. The molecule has 0 bridgehead atoms. The molecule has 0 N–H and O–H groups in total. The summed E-state index contributed by atoms with van der Waals surface area (Å²) in [6.07, 6.45) is 1.93. The molecule has 0 unspecified atom stereocenters. The molecule has 0 atom stereocenters. The molecule has 1 aliphatic heterocycles. The Morgan fingerprint density at radius 3 is 2.73 bits per heavy atom. The van der Waals surface area contributed by atoms with Crippen LogP contribution in [0.25, 0.3) is 10.8 Å². The molecule has 0 radical (unpaired) electrons.